The number of Topliss-reactive ketones (excluding diaryl/α,β-unsaturated/α-hetero) is 1. The number of amides is 1. The first kappa shape index (κ1) is 20.9. The van der Waals surface area contributed by atoms with Crippen LogP contribution < -0.4 is 10.1 Å². The van der Waals surface area contributed by atoms with Crippen molar-refractivity contribution in [1.29, 1.82) is 0 Å². The number of hydrogen-bond acceptors (Lipinski definition) is 7. The Morgan fingerprint density at radius 1 is 1.21 bits per heavy atom. The molecule has 3 rings (SSSR count). The number of anilines is 1. The number of aryl methyl sites for hydroxylation is 1. The Kier molecular flexibility index (Phi) is 6.56. The number of nitrogens with one attached hydrogen (secondary N) is 1. The van der Waals surface area contributed by atoms with E-state index in [2.05, 4.69) is 10.3 Å². The van der Waals surface area contributed by atoms with Crippen LogP contribution in [0.5, 0.6) is 5.75 Å². The molecule has 0 aliphatic heterocycles. The molecule has 1 amide bonds. The summed E-state index contributed by atoms with van der Waals surface area (Å²) < 4.78 is 5.51. The van der Waals surface area contributed by atoms with Crippen LogP contribution in [0.25, 0.3) is 10.6 Å². The molecule has 0 aliphatic carbocycles. The van der Waals surface area contributed by atoms with Gasteiger partial charge in [-0.15, -0.1) is 11.3 Å². The second-order valence-corrected chi connectivity index (χ2v) is 8.18. The average molecular weight is 429 g/mol. The minimum Gasteiger partial charge on any atom is -0.422 e. The number of thiazole rings is 1. The lowest BCUT2D eigenvalue weighted by Gasteiger charge is -2.11. The number of ether oxygens (including phenoxy) is 1. The van der Waals surface area contributed by atoms with Crippen molar-refractivity contribution in [2.24, 2.45) is 0 Å². The van der Waals surface area contributed by atoms with Crippen LogP contribution >= 0.6 is 22.7 Å². The van der Waals surface area contributed by atoms with E-state index in [1.807, 2.05) is 23.8 Å². The summed E-state index contributed by atoms with van der Waals surface area (Å²) in [6.07, 6.45) is 1.12. The molecule has 2 aromatic heterocycles. The molecular weight excluding hydrogens is 408 g/mol. The van der Waals surface area contributed by atoms with Crippen molar-refractivity contribution in [3.8, 4) is 16.3 Å². The van der Waals surface area contributed by atoms with Crippen molar-refractivity contribution in [2.45, 2.75) is 33.6 Å². The zero-order valence-corrected chi connectivity index (χ0v) is 17.9. The fourth-order valence-electron chi connectivity index (χ4n) is 2.66. The van der Waals surface area contributed by atoms with E-state index in [0.717, 1.165) is 17.0 Å². The Labute approximate surface area is 176 Å². The van der Waals surface area contributed by atoms with Gasteiger partial charge in [0.05, 0.1) is 11.3 Å². The van der Waals surface area contributed by atoms with E-state index in [1.165, 1.54) is 30.4 Å². The number of nitrogens with zero attached hydrogens (tertiary/aromatic N) is 1. The van der Waals surface area contributed by atoms with Gasteiger partial charge in [0.15, 0.2) is 5.78 Å². The molecule has 0 bridgehead atoms. The van der Waals surface area contributed by atoms with E-state index in [0.29, 0.717) is 22.7 Å². The highest BCUT2D eigenvalue weighted by molar-refractivity contribution is 7.17. The van der Waals surface area contributed by atoms with Gasteiger partial charge in [-0.3, -0.25) is 9.59 Å². The molecule has 0 radical (unpaired) electrons. The van der Waals surface area contributed by atoms with Gasteiger partial charge in [0.25, 0.3) is 0 Å². The number of hydrogen-bond donors (Lipinski definition) is 1. The van der Waals surface area contributed by atoms with Gasteiger partial charge in [0.2, 0.25) is 5.91 Å². The van der Waals surface area contributed by atoms with Gasteiger partial charge in [-0.05, 0) is 49.9 Å². The van der Waals surface area contributed by atoms with Crippen LogP contribution in [-0.2, 0) is 4.79 Å². The molecule has 0 saturated heterocycles. The molecular formula is C21H20N2O4S2. The molecule has 1 N–H and O–H groups in total. The minimum absolute atomic E-state index is 0.131. The van der Waals surface area contributed by atoms with Gasteiger partial charge in [0, 0.05) is 23.1 Å². The average Bonchev–Trinajstić information content (AvgIpc) is 3.32. The standard InChI is InChI=1S/C21H20N2O4S2/c1-4-5-18(25)23-15-6-7-17(16(10-15)13(3)24)27-21(26)19-12(2)22-20(29-19)14-8-9-28-11-14/h6-11H,4-5H2,1-3H3,(H,23,25). The molecule has 0 atom stereocenters. The smallest absolute Gasteiger partial charge is 0.355 e. The third kappa shape index (κ3) is 4.96. The van der Waals surface area contributed by atoms with E-state index in [-0.39, 0.29) is 23.0 Å². The van der Waals surface area contributed by atoms with Crippen LogP contribution in [-0.4, -0.2) is 22.6 Å². The predicted octanol–water partition coefficient (Wildman–Crippen LogP) is 5.34. The van der Waals surface area contributed by atoms with Crippen molar-refractivity contribution < 1.29 is 19.1 Å². The Hall–Kier alpha value is -2.84. The summed E-state index contributed by atoms with van der Waals surface area (Å²) >= 11 is 2.81. The van der Waals surface area contributed by atoms with Gasteiger partial charge in [-0.1, -0.05) is 6.92 Å². The minimum atomic E-state index is -0.563. The van der Waals surface area contributed by atoms with Crippen molar-refractivity contribution >= 4 is 46.0 Å². The maximum atomic E-state index is 12.7. The molecule has 8 heteroatoms. The zero-order chi connectivity index (χ0) is 21.0. The summed E-state index contributed by atoms with van der Waals surface area (Å²) in [5, 5.41) is 7.40. The lowest BCUT2D eigenvalue weighted by atomic mass is 10.1. The van der Waals surface area contributed by atoms with Crippen molar-refractivity contribution in [3.05, 3.63) is 51.2 Å². The molecule has 0 unspecified atom stereocenters. The highest BCUT2D eigenvalue weighted by Crippen LogP contribution is 2.31. The quantitative estimate of drug-likeness (QED) is 0.312. The number of esters is 1. The predicted molar refractivity (Wildman–Crippen MR) is 115 cm³/mol. The fourth-order valence-corrected chi connectivity index (χ4v) is 4.32. The summed E-state index contributed by atoms with van der Waals surface area (Å²) in [6, 6.07) is 6.59. The van der Waals surface area contributed by atoms with Crippen LogP contribution in [0.4, 0.5) is 5.69 Å². The van der Waals surface area contributed by atoms with Crippen LogP contribution in [0.2, 0.25) is 0 Å². The number of carbonyl (C=O) groups is 3. The van der Waals surface area contributed by atoms with Crippen LogP contribution in [0.1, 0.15) is 52.4 Å². The lowest BCUT2D eigenvalue weighted by Crippen LogP contribution is -2.13. The zero-order valence-electron chi connectivity index (χ0n) is 16.3. The third-order valence-corrected chi connectivity index (χ3v) is 5.94. The Bertz CT molecular complexity index is 1050. The van der Waals surface area contributed by atoms with E-state index in [9.17, 15) is 14.4 Å². The molecule has 150 valence electrons. The topological polar surface area (TPSA) is 85.4 Å². The maximum absolute atomic E-state index is 12.7. The highest BCUT2D eigenvalue weighted by atomic mass is 32.1. The molecule has 0 aliphatic rings. The monoisotopic (exact) mass is 428 g/mol. The molecule has 6 nitrogen and oxygen atoms in total. The van der Waals surface area contributed by atoms with Crippen LogP contribution in [0.15, 0.2) is 35.0 Å². The summed E-state index contributed by atoms with van der Waals surface area (Å²) in [5.74, 6) is -0.806. The van der Waals surface area contributed by atoms with Gasteiger partial charge in [-0.2, -0.15) is 11.3 Å². The van der Waals surface area contributed by atoms with Crippen LogP contribution in [0, 0.1) is 6.92 Å². The summed E-state index contributed by atoms with van der Waals surface area (Å²) in [5.41, 5.74) is 2.25. The molecule has 29 heavy (non-hydrogen) atoms. The number of benzene rings is 1. The molecule has 0 spiro atoms. The normalized spacial score (nSPS) is 10.6. The lowest BCUT2D eigenvalue weighted by molar-refractivity contribution is -0.116. The maximum Gasteiger partial charge on any atom is 0.355 e. The van der Waals surface area contributed by atoms with Gasteiger partial charge in [-0.25, -0.2) is 9.78 Å². The molecule has 0 fully saturated rings. The molecule has 2 heterocycles. The number of ketones is 1. The second kappa shape index (κ2) is 9.11. The summed E-state index contributed by atoms with van der Waals surface area (Å²) in [7, 11) is 0. The van der Waals surface area contributed by atoms with E-state index in [4.69, 9.17) is 4.74 Å². The highest BCUT2D eigenvalue weighted by Gasteiger charge is 2.21. The fraction of sp³-hybridized carbons (Fsp3) is 0.238. The Morgan fingerprint density at radius 3 is 2.66 bits per heavy atom. The second-order valence-electron chi connectivity index (χ2n) is 6.40. The SMILES string of the molecule is CCCC(=O)Nc1ccc(OC(=O)c2sc(-c3ccsc3)nc2C)c(C(C)=O)c1. The number of rotatable bonds is 7. The molecule has 0 saturated carbocycles. The summed E-state index contributed by atoms with van der Waals surface area (Å²) in [6.45, 7) is 5.05. The molecule has 1 aromatic carbocycles. The molecule has 3 aromatic rings. The van der Waals surface area contributed by atoms with E-state index in [1.54, 1.807) is 24.3 Å². The van der Waals surface area contributed by atoms with E-state index >= 15 is 0 Å². The first-order chi connectivity index (χ1) is 13.9. The third-order valence-electron chi connectivity index (χ3n) is 4.07. The van der Waals surface area contributed by atoms with Crippen molar-refractivity contribution in [3.63, 3.8) is 0 Å². The summed E-state index contributed by atoms with van der Waals surface area (Å²) in [4.78, 5) is 41.4. The van der Waals surface area contributed by atoms with E-state index < -0.39 is 5.97 Å². The van der Waals surface area contributed by atoms with Crippen LogP contribution in [0.3, 0.4) is 0 Å². The van der Waals surface area contributed by atoms with Crippen molar-refractivity contribution in [2.75, 3.05) is 5.32 Å². The van der Waals surface area contributed by atoms with Crippen molar-refractivity contribution in [1.82, 2.24) is 4.98 Å². The first-order valence-corrected chi connectivity index (χ1v) is 10.8. The van der Waals surface area contributed by atoms with Gasteiger partial charge >= 0.3 is 5.97 Å². The van der Waals surface area contributed by atoms with Gasteiger partial charge in [0.1, 0.15) is 15.6 Å². The van der Waals surface area contributed by atoms with Gasteiger partial charge < -0.3 is 10.1 Å². The Balaban J connectivity index is 1.83. The number of aromatic nitrogens is 1. The Morgan fingerprint density at radius 2 is 2.00 bits per heavy atom. The first-order valence-electron chi connectivity index (χ1n) is 9.06. The largest absolute Gasteiger partial charge is 0.422 e. The number of thiophene rings is 1. The number of carbonyl (C=O) groups excluding carboxylic acids is 3.